The highest BCUT2D eigenvalue weighted by Crippen LogP contribution is 2.45. The number of allylic oxidation sites excluding steroid dienone is 4. The predicted octanol–water partition coefficient (Wildman–Crippen LogP) is 21.0. The number of aryl methyl sites for hydroxylation is 2. The van der Waals surface area contributed by atoms with E-state index in [1.54, 1.807) is 42.7 Å². The van der Waals surface area contributed by atoms with Crippen LogP contribution in [-0.2, 0) is 0 Å². The van der Waals surface area contributed by atoms with Crippen molar-refractivity contribution in [2.45, 2.75) is 26.7 Å². The van der Waals surface area contributed by atoms with Crippen molar-refractivity contribution in [1.82, 2.24) is 0 Å². The quantitative estimate of drug-likeness (QED) is 0.0695. The van der Waals surface area contributed by atoms with Crippen LogP contribution in [-0.4, -0.2) is 42.7 Å². The number of nitrogens with zero attached hydrogens (tertiary/aromatic N) is 4. The van der Waals surface area contributed by atoms with Crippen molar-refractivity contribution in [3.05, 3.63) is 289 Å². The van der Waals surface area contributed by atoms with Gasteiger partial charge in [0.05, 0.1) is 42.7 Å². The number of rotatable bonds is 21. The molecular formula is C80H72N4O6. The summed E-state index contributed by atoms with van der Waals surface area (Å²) >= 11 is 0. The van der Waals surface area contributed by atoms with Crippen molar-refractivity contribution in [2.75, 3.05) is 62.3 Å². The van der Waals surface area contributed by atoms with Crippen LogP contribution < -0.4 is 48.0 Å². The highest BCUT2D eigenvalue weighted by molar-refractivity contribution is 5.86. The minimum Gasteiger partial charge on any atom is -0.497 e. The number of hydrogen-bond acceptors (Lipinski definition) is 10. The van der Waals surface area contributed by atoms with Gasteiger partial charge >= 0.3 is 0 Å². The van der Waals surface area contributed by atoms with Gasteiger partial charge in [-0.3, -0.25) is 0 Å². The van der Waals surface area contributed by atoms with Crippen LogP contribution in [0.2, 0.25) is 0 Å². The van der Waals surface area contributed by atoms with Gasteiger partial charge in [-0.1, -0.05) is 54.6 Å². The van der Waals surface area contributed by atoms with Gasteiger partial charge in [0.2, 0.25) is 0 Å². The van der Waals surface area contributed by atoms with E-state index < -0.39 is 0 Å². The van der Waals surface area contributed by atoms with Crippen LogP contribution in [0.3, 0.4) is 0 Å². The van der Waals surface area contributed by atoms with E-state index in [0.29, 0.717) is 0 Å². The summed E-state index contributed by atoms with van der Waals surface area (Å²) in [7, 11) is 10.2. The summed E-state index contributed by atoms with van der Waals surface area (Å²) in [6.45, 7) is 4.40. The summed E-state index contributed by atoms with van der Waals surface area (Å²) in [5.41, 5.74) is 21.9. The Balaban J connectivity index is 0.810. The third-order valence-electron chi connectivity index (χ3n) is 16.7. The SMILES string of the molecule is COc1ccc(N(C2=CC=C(c3ccc(N(c4ccc(OC)cc4)c4ccc(-c5ccc(N(c6ccc(OC)cc6)c6ccc(-c7ccc(N(c8ccc(OC)cc8)c8ccc(OC)cc8)cc7)cc6)c(C)c5)cc4C)cc3)CC2)c2ccc(OC)cc2)cc1. The van der Waals surface area contributed by atoms with Crippen LogP contribution in [0.15, 0.2) is 273 Å². The molecule has 11 aromatic carbocycles. The van der Waals surface area contributed by atoms with Gasteiger partial charge in [-0.05, 0) is 284 Å². The molecule has 0 spiro atoms. The van der Waals surface area contributed by atoms with Gasteiger partial charge in [-0.25, -0.2) is 0 Å². The molecule has 0 saturated heterocycles. The van der Waals surface area contributed by atoms with Crippen LogP contribution in [0.25, 0.3) is 27.8 Å². The molecule has 0 heterocycles. The maximum Gasteiger partial charge on any atom is 0.119 e. The van der Waals surface area contributed by atoms with E-state index in [9.17, 15) is 0 Å². The Kier molecular flexibility index (Phi) is 17.7. The molecule has 0 fully saturated rings. The van der Waals surface area contributed by atoms with Crippen molar-refractivity contribution in [3.63, 3.8) is 0 Å². The Morgan fingerprint density at radius 1 is 0.233 bits per heavy atom. The van der Waals surface area contributed by atoms with Crippen molar-refractivity contribution in [2.24, 2.45) is 0 Å². The van der Waals surface area contributed by atoms with Crippen LogP contribution in [0, 0.1) is 13.8 Å². The van der Waals surface area contributed by atoms with Gasteiger partial charge in [0, 0.05) is 68.3 Å². The number of hydrogen-bond donors (Lipinski definition) is 0. The predicted molar refractivity (Wildman–Crippen MR) is 370 cm³/mol. The van der Waals surface area contributed by atoms with Crippen molar-refractivity contribution in [3.8, 4) is 56.8 Å². The lowest BCUT2D eigenvalue weighted by Gasteiger charge is -2.30. The van der Waals surface area contributed by atoms with Crippen LogP contribution in [0.4, 0.5) is 62.6 Å². The van der Waals surface area contributed by atoms with E-state index in [1.807, 2.05) is 72.8 Å². The average molecular weight is 1190 g/mol. The molecule has 12 rings (SSSR count). The number of anilines is 11. The van der Waals surface area contributed by atoms with Gasteiger partial charge in [0.25, 0.3) is 0 Å². The first kappa shape index (κ1) is 59.2. The molecule has 448 valence electrons. The van der Waals surface area contributed by atoms with Crippen molar-refractivity contribution >= 4 is 68.1 Å². The van der Waals surface area contributed by atoms with Crippen molar-refractivity contribution in [1.29, 1.82) is 0 Å². The van der Waals surface area contributed by atoms with Gasteiger partial charge in [-0.2, -0.15) is 0 Å². The van der Waals surface area contributed by atoms with Crippen LogP contribution in [0.1, 0.15) is 29.5 Å². The zero-order chi connectivity index (χ0) is 62.1. The maximum atomic E-state index is 5.62. The number of benzene rings is 11. The smallest absolute Gasteiger partial charge is 0.119 e. The summed E-state index contributed by atoms with van der Waals surface area (Å²) in [5, 5.41) is 0. The van der Waals surface area contributed by atoms with E-state index >= 15 is 0 Å². The summed E-state index contributed by atoms with van der Waals surface area (Å²) in [6, 6.07) is 89.3. The Hall–Kier alpha value is -11.1. The fraction of sp³-hybridized carbons (Fsp3) is 0.125. The molecule has 0 amide bonds. The fourth-order valence-corrected chi connectivity index (χ4v) is 11.8. The number of methoxy groups -OCH3 is 6. The molecular weight excluding hydrogens is 1110 g/mol. The lowest BCUT2D eigenvalue weighted by molar-refractivity contribution is 0.414. The lowest BCUT2D eigenvalue weighted by atomic mass is 9.94. The van der Waals surface area contributed by atoms with E-state index in [1.165, 1.54) is 16.8 Å². The summed E-state index contributed by atoms with van der Waals surface area (Å²) in [5.74, 6) is 4.85. The second-order valence-corrected chi connectivity index (χ2v) is 22.0. The molecule has 1 aliphatic carbocycles. The van der Waals surface area contributed by atoms with Crippen molar-refractivity contribution < 1.29 is 28.4 Å². The molecule has 0 N–H and O–H groups in total. The van der Waals surface area contributed by atoms with E-state index in [4.69, 9.17) is 28.4 Å². The molecule has 0 unspecified atom stereocenters. The Labute approximate surface area is 528 Å². The monoisotopic (exact) mass is 1180 g/mol. The first-order valence-corrected chi connectivity index (χ1v) is 30.1. The van der Waals surface area contributed by atoms with Crippen LogP contribution in [0.5, 0.6) is 34.5 Å². The van der Waals surface area contributed by atoms with Gasteiger partial charge in [0.1, 0.15) is 34.5 Å². The zero-order valence-electron chi connectivity index (χ0n) is 52.1. The average Bonchev–Trinajstić information content (AvgIpc) is 1.19. The second-order valence-electron chi connectivity index (χ2n) is 22.0. The molecule has 10 heteroatoms. The molecule has 0 aromatic heterocycles. The highest BCUT2D eigenvalue weighted by Gasteiger charge is 2.22. The topological polar surface area (TPSA) is 68.3 Å². The Morgan fingerprint density at radius 3 is 0.733 bits per heavy atom. The largest absolute Gasteiger partial charge is 0.497 e. The second kappa shape index (κ2) is 26.9. The number of ether oxygens (including phenoxy) is 6. The molecule has 0 aliphatic heterocycles. The summed E-state index contributed by atoms with van der Waals surface area (Å²) in [6.07, 6.45) is 6.28. The van der Waals surface area contributed by atoms with Gasteiger partial charge in [0.15, 0.2) is 0 Å². The van der Waals surface area contributed by atoms with Gasteiger partial charge in [-0.15, -0.1) is 0 Å². The third kappa shape index (κ3) is 12.7. The minimum absolute atomic E-state index is 0.799. The molecule has 90 heavy (non-hydrogen) atoms. The standard InChI is InChI=1S/C80H72N4O6/c1-55-53-61(17-51-79(55)83(71-35-47-77(89-7)48-36-71)69-23-13-59(14-24-69)57-9-19-63(20-10-57)81(65-27-39-73(85-3)40-28-65)66-29-41-74(86-4)42-30-66)62-18-52-80(56(2)54-62)84(72-37-49-78(90-8)50-38-72)70-25-15-60(16-26-70)58-11-21-64(22-12-58)82(67-31-43-75(87-5)44-32-67)68-33-45-76(88-6)46-34-68/h9-11,13-21,23-54H,12,22H2,1-8H3. The molecule has 0 radical (unpaired) electrons. The zero-order valence-corrected chi connectivity index (χ0v) is 52.1. The molecule has 11 aromatic rings. The van der Waals surface area contributed by atoms with Gasteiger partial charge < -0.3 is 48.0 Å². The first-order chi connectivity index (χ1) is 44.1. The van der Waals surface area contributed by atoms with E-state index in [0.717, 1.165) is 143 Å². The lowest BCUT2D eigenvalue weighted by Crippen LogP contribution is -2.17. The van der Waals surface area contributed by atoms with E-state index in [2.05, 4.69) is 228 Å². The molecule has 0 bridgehead atoms. The third-order valence-corrected chi connectivity index (χ3v) is 16.7. The Morgan fingerprint density at radius 2 is 0.478 bits per heavy atom. The minimum atomic E-state index is 0.799. The Bertz CT molecular complexity index is 4190. The first-order valence-electron chi connectivity index (χ1n) is 30.1. The summed E-state index contributed by atoms with van der Waals surface area (Å²) < 4.78 is 33.2. The molecule has 0 atom stereocenters. The molecule has 1 aliphatic rings. The normalized spacial score (nSPS) is 11.8. The fourth-order valence-electron chi connectivity index (χ4n) is 11.8. The molecule has 10 nitrogen and oxygen atoms in total. The van der Waals surface area contributed by atoms with E-state index in [-0.39, 0.29) is 0 Å². The summed E-state index contributed by atoms with van der Waals surface area (Å²) in [4.78, 5) is 9.20. The maximum absolute atomic E-state index is 5.62. The van der Waals surface area contributed by atoms with Crippen LogP contribution >= 0.6 is 0 Å². The molecule has 0 saturated carbocycles. The highest BCUT2D eigenvalue weighted by atomic mass is 16.5.